The predicted octanol–water partition coefficient (Wildman–Crippen LogP) is 6.02. The number of carbonyl (C=O) groups is 12. The second-order valence-corrected chi connectivity index (χ2v) is 25.3. The van der Waals surface area contributed by atoms with Gasteiger partial charge in [0.2, 0.25) is 23.6 Å². The van der Waals surface area contributed by atoms with E-state index in [1.165, 1.54) is 56.1 Å². The fourth-order valence-corrected chi connectivity index (χ4v) is 15.5. The van der Waals surface area contributed by atoms with Crippen molar-refractivity contribution in [2.24, 2.45) is 118 Å². The molecule has 18 aliphatic rings. The van der Waals surface area contributed by atoms with E-state index in [0.717, 1.165) is 76.4 Å². The zero-order chi connectivity index (χ0) is 70.3. The van der Waals surface area contributed by atoms with Crippen LogP contribution in [0.25, 0.3) is 0 Å². The molecule has 9 unspecified atom stereocenters. The average Bonchev–Trinajstić information content (AvgIpc) is 1.55. The number of carbonyl (C=O) groups excluding carboxylic acids is 12. The lowest BCUT2D eigenvalue weighted by Gasteiger charge is -2.37. The molecule has 0 radical (unpaired) electrons. The number of ether oxygens (including phenoxy) is 1. The Labute approximate surface area is 588 Å². The Morgan fingerprint density at radius 1 is 0.455 bits per heavy atom. The molecule has 9 amide bonds. The van der Waals surface area contributed by atoms with Crippen LogP contribution < -0.4 is 33.4 Å². The molecule has 0 spiro atoms. The van der Waals surface area contributed by atoms with Crippen molar-refractivity contribution >= 4 is 101 Å². The molecule has 23 nitrogen and oxygen atoms in total. The van der Waals surface area contributed by atoms with E-state index >= 15 is 0 Å². The summed E-state index contributed by atoms with van der Waals surface area (Å²) in [5.41, 5.74) is 8.32. The summed E-state index contributed by atoms with van der Waals surface area (Å²) < 4.78 is 78.0. The van der Waals surface area contributed by atoms with Crippen molar-refractivity contribution in [3.8, 4) is 0 Å². The van der Waals surface area contributed by atoms with Crippen LogP contribution in [0.2, 0.25) is 0 Å². The highest BCUT2D eigenvalue weighted by Crippen LogP contribution is 2.67. The van der Waals surface area contributed by atoms with E-state index in [1.807, 2.05) is 24.3 Å². The van der Waals surface area contributed by atoms with Gasteiger partial charge in [-0.1, -0.05) is 92.5 Å². The minimum absolute atomic E-state index is 0. The van der Waals surface area contributed by atoms with Crippen LogP contribution in [0, 0.1) is 107 Å². The first-order valence-corrected chi connectivity index (χ1v) is 31.4. The van der Waals surface area contributed by atoms with Gasteiger partial charge in [0.15, 0.2) is 5.78 Å². The number of amides is 9. The second-order valence-electron chi connectivity index (χ2n) is 25.3. The van der Waals surface area contributed by atoms with Gasteiger partial charge >= 0.3 is 24.3 Å². The van der Waals surface area contributed by atoms with Gasteiger partial charge in [-0.05, 0) is 147 Å². The molecule has 101 heavy (non-hydrogen) atoms. The number of benzene rings is 2. The molecule has 21 atom stereocenters. The Balaban J connectivity index is 0.000000192. The third kappa shape index (κ3) is 16.8. The molecule has 2 aromatic rings. The smallest absolute Gasteiger partial charge is 0.387 e. The minimum Gasteiger partial charge on any atom is -0.387 e. The van der Waals surface area contributed by atoms with Crippen LogP contribution in [0.1, 0.15) is 71.9 Å². The summed E-state index contributed by atoms with van der Waals surface area (Å²) in [6, 6.07) is 7.77. The molecular weight excluding hydrogens is 1380 g/mol. The maximum Gasteiger partial charge on any atom is 0.416 e. The number of cyclic esters (lactones) is 2. The van der Waals surface area contributed by atoms with Crippen LogP contribution in [-0.2, 0) is 65.0 Å². The number of esters is 2. The number of nitrogens with two attached hydrogens (primary N) is 2. The number of nitrogens with zero attached hydrogens (tertiary/aromatic N) is 4. The number of rotatable bonds is 5. The fourth-order valence-electron chi connectivity index (χ4n) is 15.5. The molecule has 6 saturated carbocycles. The molecule has 13 aliphatic carbocycles. The van der Waals surface area contributed by atoms with E-state index in [9.17, 15) is 83.9 Å². The summed E-state index contributed by atoms with van der Waals surface area (Å²) >= 11 is 0. The number of imide groups is 4. The van der Waals surface area contributed by atoms with Gasteiger partial charge in [-0.3, -0.25) is 64.6 Å². The molecule has 0 aromatic heterocycles. The van der Waals surface area contributed by atoms with Crippen LogP contribution in [-0.4, -0.2) is 112 Å². The maximum absolute atomic E-state index is 12.8. The summed E-state index contributed by atoms with van der Waals surface area (Å²) in [5, 5.41) is 3.79. The number of hydrogen-bond donors (Lipinski definition) is 6. The summed E-state index contributed by atoms with van der Waals surface area (Å²) in [5.74, 6) is 9.69. The molecule has 5 aliphatic heterocycles. The molecule has 544 valence electrons. The molecule has 3 saturated heterocycles. The maximum atomic E-state index is 12.8. The zero-order valence-electron chi connectivity index (χ0n) is 54.7. The van der Waals surface area contributed by atoms with E-state index in [-0.39, 0.29) is 137 Å². The van der Waals surface area contributed by atoms with E-state index in [0.29, 0.717) is 47.3 Å². The fraction of sp³-hybridized carbons (Fsp3) is 0.420. The zero-order valence-corrected chi connectivity index (χ0v) is 59.0. The number of allylic oxidation sites excluding steroid dienone is 12. The van der Waals surface area contributed by atoms with Crippen LogP contribution in [0.5, 0.6) is 0 Å². The van der Waals surface area contributed by atoms with Gasteiger partial charge in [-0.25, -0.2) is 41.3 Å². The van der Waals surface area contributed by atoms with Crippen molar-refractivity contribution in [3.05, 3.63) is 168 Å². The summed E-state index contributed by atoms with van der Waals surface area (Å²) in [4.78, 5) is 138. The van der Waals surface area contributed by atoms with Gasteiger partial charge < -0.3 is 4.74 Å². The van der Waals surface area contributed by atoms with Gasteiger partial charge in [0, 0.05) is 49.5 Å². The monoisotopic (exact) mass is 1470 g/mol. The average molecular weight is 1470 g/mol. The van der Waals surface area contributed by atoms with E-state index < -0.39 is 65.0 Å². The number of alkyl halides is 6. The number of nitrogens with one attached hydrogen (secondary N) is 4. The van der Waals surface area contributed by atoms with Crippen molar-refractivity contribution in [1.29, 1.82) is 0 Å². The first-order chi connectivity index (χ1) is 46.1. The summed E-state index contributed by atoms with van der Waals surface area (Å²) in [7, 11) is 4.81. The number of halogens is 6. The summed E-state index contributed by atoms with van der Waals surface area (Å²) in [6.45, 7) is 1.31. The second kappa shape index (κ2) is 33.3. The van der Waals surface area contributed by atoms with Crippen molar-refractivity contribution in [1.82, 2.24) is 41.7 Å². The molecule has 32 heteroatoms. The highest BCUT2D eigenvalue weighted by atomic mass is 31.0. The third-order valence-corrected chi connectivity index (χ3v) is 20.0. The predicted molar refractivity (Wildman–Crippen MR) is 369 cm³/mol. The van der Waals surface area contributed by atoms with Gasteiger partial charge in [-0.2, -0.15) is 61.0 Å². The van der Waals surface area contributed by atoms with Gasteiger partial charge in [0.1, 0.15) is 0 Å². The molecule has 9 fully saturated rings. The van der Waals surface area contributed by atoms with Crippen LogP contribution in [0.3, 0.4) is 0 Å². The number of hydrazine groups is 5. The highest BCUT2D eigenvalue weighted by Gasteiger charge is 2.69. The van der Waals surface area contributed by atoms with Crippen molar-refractivity contribution in [2.75, 3.05) is 21.1 Å². The molecule has 2 aromatic carbocycles. The Bertz CT molecular complexity index is 3670. The van der Waals surface area contributed by atoms with Crippen molar-refractivity contribution in [3.63, 3.8) is 0 Å². The number of Topliss-reactive ketones (excluding diaryl/α,β-unsaturated/α-hetero) is 1. The summed E-state index contributed by atoms with van der Waals surface area (Å²) in [6.07, 6.45) is 25.4. The van der Waals surface area contributed by atoms with E-state index in [2.05, 4.69) is 80.9 Å². The Morgan fingerprint density at radius 2 is 0.752 bits per heavy atom. The standard InChI is InChI=1S/C19H15F3N2O3.C12H14N2O2.C11H12N2O2.C9H7F3O.C7H8.C5H6N2O2.C4H2O3.CH6N2.CH4.3H3P/c20-19(21,22)9-3-1-8(2-4-9)16(25)23-24-17(26)14-10-5-6-11(13-7-12(10)13)15(14)18(24)27;1-13-14-11(15)9-5-2-3-6(8-4-7(5)8)10(9)12(14)16;12-13-10(14)8-4-1-2-5(7-3-6(4)7)9(8)11(13)15;1-6(13)7-2-4-8(5-3-7)9(10,11)12;1-2-4-6-7-5-3-1;1-6-7-4(8)2-3-5(7)9;5-3-1-2-4(6)7-3;1-3-2;;;;/h1-6,10-15H,7H2,(H,23,25);2-3,5-10,13H,4H2,1H3;1-2,4-9H,3,12H2;2-5H,1H3;1-6H,7H2;2-3,6H,1H3;1-2H;3H,2H2,1H3;1H4;3*1H3/t10?,11?,12-,13+,14+,15-;5?,6?,7-,8+,9+,10-;4?,5?,6-,7+,8+,9-;;;;;;;;;. The van der Waals surface area contributed by atoms with Gasteiger partial charge in [-0.15, -0.1) is 0 Å². The van der Waals surface area contributed by atoms with Crippen molar-refractivity contribution in [2.45, 2.75) is 52.4 Å². The first-order valence-electron chi connectivity index (χ1n) is 31.4. The lowest BCUT2D eigenvalue weighted by molar-refractivity contribution is -0.151. The number of ketones is 1. The Hall–Kier alpha value is -8.13. The molecular formula is C69H83F6N10O13P3. The highest BCUT2D eigenvalue weighted by molar-refractivity contribution is 6.92. The van der Waals surface area contributed by atoms with Crippen LogP contribution in [0.4, 0.5) is 26.3 Å². The van der Waals surface area contributed by atoms with Crippen LogP contribution >= 0.6 is 29.7 Å². The Morgan fingerprint density at radius 3 is 1.02 bits per heavy atom. The Kier molecular flexibility index (Phi) is 27.0. The molecule has 6 bridgehead atoms. The lowest BCUT2D eigenvalue weighted by Crippen LogP contribution is -2.46. The molecule has 5 heterocycles. The van der Waals surface area contributed by atoms with E-state index in [4.69, 9.17) is 5.84 Å². The SMILES string of the molecule is C.C1=CC=CCC=C1.CC(=O)c1ccc(C(F)(F)F)cc1.CNN.CNN1C(=O)C=CC1=O.CNN1C(=O)[C@@H]2C3C=CC([C@H]4C[C@@H]34)[C@@H]2C1=O.NN1C(=O)[C@@H]2C3C=CC([C@H]4C[C@@H]34)[C@@H]2C1=O.O=C(NN1C(=O)[C@@H]2C3C=CC([C@H]4C[C@@H]34)[C@@H]2C1=O)c1ccc(C(F)(F)F)cc1.O=C1C=CC(=O)O1.P.P.P. The normalized spacial score (nSPS) is 31.6. The topological polar surface area (TPSA) is 327 Å². The largest absolute Gasteiger partial charge is 0.416 e. The van der Waals surface area contributed by atoms with Crippen LogP contribution in [0.15, 0.2) is 146 Å². The minimum atomic E-state index is -4.50. The molecule has 20 rings (SSSR count). The molecule has 8 N–H and O–H groups in total. The lowest BCUT2D eigenvalue weighted by atomic mass is 9.63. The quantitative estimate of drug-likeness (QED) is 0.0190. The van der Waals surface area contributed by atoms with Gasteiger partial charge in [0.25, 0.3) is 29.5 Å². The van der Waals surface area contributed by atoms with Crippen molar-refractivity contribution < 1.29 is 88.6 Å². The first kappa shape index (κ1) is 81.8. The van der Waals surface area contributed by atoms with E-state index in [1.54, 1.807) is 14.1 Å². The van der Waals surface area contributed by atoms with Gasteiger partial charge in [0.05, 0.1) is 46.6 Å². The third-order valence-electron chi connectivity index (χ3n) is 20.0. The number of hydrogen-bond acceptors (Lipinski definition) is 18.